The fraction of sp³-hybridized carbons (Fsp3) is 0.600. The van der Waals surface area contributed by atoms with Gasteiger partial charge in [-0.15, -0.1) is 0 Å². The topological polar surface area (TPSA) is 30.5 Å². The van der Waals surface area contributed by atoms with Crippen LogP contribution in [-0.2, 0) is 0 Å². The Morgan fingerprint density at radius 2 is 1.74 bits per heavy atom. The second kappa shape index (κ2) is 7.75. The quantitative estimate of drug-likeness (QED) is 0.814. The lowest BCUT2D eigenvalue weighted by Crippen LogP contribution is -2.18. The molecule has 0 saturated heterocycles. The van der Waals surface area contributed by atoms with E-state index in [1.165, 1.54) is 6.42 Å². The molecule has 1 atom stereocenters. The SMILES string of the molecule is CNC(CCC(C)C)c1cc(OC)c(Br)cc1OC. The maximum Gasteiger partial charge on any atom is 0.133 e. The average Bonchev–Trinajstić information content (AvgIpc) is 2.39. The van der Waals surface area contributed by atoms with E-state index in [9.17, 15) is 0 Å². The van der Waals surface area contributed by atoms with E-state index in [0.29, 0.717) is 5.92 Å². The van der Waals surface area contributed by atoms with Crippen molar-refractivity contribution in [3.63, 3.8) is 0 Å². The maximum atomic E-state index is 5.49. The van der Waals surface area contributed by atoms with Crippen LogP contribution >= 0.6 is 15.9 Å². The zero-order valence-corrected chi connectivity index (χ0v) is 14.0. The largest absolute Gasteiger partial charge is 0.496 e. The van der Waals surface area contributed by atoms with Gasteiger partial charge in [0.1, 0.15) is 11.5 Å². The molecule has 1 aromatic rings. The summed E-state index contributed by atoms with van der Waals surface area (Å²) < 4.78 is 11.8. The molecule has 108 valence electrons. The molecule has 4 heteroatoms. The van der Waals surface area contributed by atoms with Crippen molar-refractivity contribution >= 4 is 15.9 Å². The van der Waals surface area contributed by atoms with Crippen LogP contribution in [0.3, 0.4) is 0 Å². The van der Waals surface area contributed by atoms with Gasteiger partial charge < -0.3 is 14.8 Å². The molecule has 0 aromatic heterocycles. The lowest BCUT2D eigenvalue weighted by molar-refractivity contribution is 0.382. The van der Waals surface area contributed by atoms with Crippen molar-refractivity contribution in [1.82, 2.24) is 5.32 Å². The summed E-state index contributed by atoms with van der Waals surface area (Å²) in [6.07, 6.45) is 2.25. The van der Waals surface area contributed by atoms with Crippen LogP contribution in [-0.4, -0.2) is 21.3 Å². The van der Waals surface area contributed by atoms with Crippen LogP contribution in [0.4, 0.5) is 0 Å². The molecule has 1 rings (SSSR count). The predicted octanol–water partition coefficient (Wildman–Crippen LogP) is 4.16. The average molecular weight is 330 g/mol. The lowest BCUT2D eigenvalue weighted by atomic mass is 9.97. The van der Waals surface area contributed by atoms with Crippen LogP contribution in [0.2, 0.25) is 0 Å². The van der Waals surface area contributed by atoms with Crippen LogP contribution in [0.1, 0.15) is 38.3 Å². The number of rotatable bonds is 7. The van der Waals surface area contributed by atoms with Crippen molar-refractivity contribution in [3.05, 3.63) is 22.2 Å². The summed E-state index contributed by atoms with van der Waals surface area (Å²) in [5.41, 5.74) is 1.14. The third-order valence-corrected chi connectivity index (χ3v) is 3.88. The molecule has 1 unspecified atom stereocenters. The fourth-order valence-electron chi connectivity index (χ4n) is 2.11. The van der Waals surface area contributed by atoms with Crippen LogP contribution in [0, 0.1) is 5.92 Å². The number of ether oxygens (including phenoxy) is 2. The standard InChI is InChI=1S/C15H24BrNO2/c1-10(2)6-7-13(17-3)11-8-15(19-5)12(16)9-14(11)18-4/h8-10,13,17H,6-7H2,1-5H3. The van der Waals surface area contributed by atoms with Crippen molar-refractivity contribution in [2.24, 2.45) is 5.92 Å². The molecule has 0 aliphatic rings. The molecule has 0 heterocycles. The van der Waals surface area contributed by atoms with Gasteiger partial charge in [-0.05, 0) is 53.9 Å². The van der Waals surface area contributed by atoms with Gasteiger partial charge in [-0.3, -0.25) is 0 Å². The third kappa shape index (κ3) is 4.39. The lowest BCUT2D eigenvalue weighted by Gasteiger charge is -2.21. The summed E-state index contributed by atoms with van der Waals surface area (Å²) in [5, 5.41) is 3.37. The first kappa shape index (κ1) is 16.3. The van der Waals surface area contributed by atoms with Crippen LogP contribution in [0.5, 0.6) is 11.5 Å². The Kier molecular flexibility index (Phi) is 6.66. The van der Waals surface area contributed by atoms with Gasteiger partial charge >= 0.3 is 0 Å². The summed E-state index contributed by atoms with van der Waals surface area (Å²) in [6.45, 7) is 4.48. The molecule has 0 aliphatic heterocycles. The van der Waals surface area contributed by atoms with E-state index in [0.717, 1.165) is 28.0 Å². The normalized spacial score (nSPS) is 12.6. The van der Waals surface area contributed by atoms with Crippen LogP contribution in [0.15, 0.2) is 16.6 Å². The summed E-state index contributed by atoms with van der Waals surface area (Å²) in [4.78, 5) is 0. The van der Waals surface area contributed by atoms with E-state index in [2.05, 4.69) is 35.1 Å². The highest BCUT2D eigenvalue weighted by Crippen LogP contribution is 2.37. The minimum absolute atomic E-state index is 0.277. The Balaban J connectivity index is 3.06. The van der Waals surface area contributed by atoms with Gasteiger partial charge in [-0.1, -0.05) is 13.8 Å². The number of hydrogen-bond acceptors (Lipinski definition) is 3. The van der Waals surface area contributed by atoms with E-state index in [1.54, 1.807) is 14.2 Å². The minimum Gasteiger partial charge on any atom is -0.496 e. The van der Waals surface area contributed by atoms with Crippen molar-refractivity contribution in [2.45, 2.75) is 32.7 Å². The molecule has 1 aromatic carbocycles. The summed E-state index contributed by atoms with van der Waals surface area (Å²) in [5.74, 6) is 2.41. The number of nitrogens with one attached hydrogen (secondary N) is 1. The van der Waals surface area contributed by atoms with Crippen molar-refractivity contribution in [3.8, 4) is 11.5 Å². The van der Waals surface area contributed by atoms with Gasteiger partial charge in [0.2, 0.25) is 0 Å². The smallest absolute Gasteiger partial charge is 0.133 e. The van der Waals surface area contributed by atoms with E-state index in [1.807, 2.05) is 19.2 Å². The van der Waals surface area contributed by atoms with Crippen molar-refractivity contribution < 1.29 is 9.47 Å². The van der Waals surface area contributed by atoms with Crippen molar-refractivity contribution in [2.75, 3.05) is 21.3 Å². The molecule has 0 radical (unpaired) electrons. The van der Waals surface area contributed by atoms with Gasteiger partial charge in [0.15, 0.2) is 0 Å². The Labute approximate surface area is 124 Å². The first-order valence-electron chi connectivity index (χ1n) is 6.62. The Morgan fingerprint density at radius 1 is 1.11 bits per heavy atom. The molecule has 0 fully saturated rings. The Morgan fingerprint density at radius 3 is 2.21 bits per heavy atom. The first-order valence-corrected chi connectivity index (χ1v) is 7.41. The molecule has 3 nitrogen and oxygen atoms in total. The van der Waals surface area contributed by atoms with E-state index in [-0.39, 0.29) is 6.04 Å². The van der Waals surface area contributed by atoms with Gasteiger partial charge in [0.05, 0.1) is 18.7 Å². The van der Waals surface area contributed by atoms with Crippen molar-refractivity contribution in [1.29, 1.82) is 0 Å². The minimum atomic E-state index is 0.277. The van der Waals surface area contributed by atoms with Gasteiger partial charge in [-0.25, -0.2) is 0 Å². The van der Waals surface area contributed by atoms with E-state index < -0.39 is 0 Å². The van der Waals surface area contributed by atoms with E-state index in [4.69, 9.17) is 9.47 Å². The molecular weight excluding hydrogens is 306 g/mol. The molecule has 0 amide bonds. The molecule has 0 aliphatic carbocycles. The second-order valence-corrected chi connectivity index (χ2v) is 5.90. The van der Waals surface area contributed by atoms with Crippen LogP contribution < -0.4 is 14.8 Å². The zero-order valence-electron chi connectivity index (χ0n) is 12.4. The Hall–Kier alpha value is -0.740. The van der Waals surface area contributed by atoms with Crippen LogP contribution in [0.25, 0.3) is 0 Å². The summed E-state index contributed by atoms with van der Waals surface area (Å²) in [6, 6.07) is 4.29. The molecule has 19 heavy (non-hydrogen) atoms. The van der Waals surface area contributed by atoms with E-state index >= 15 is 0 Å². The molecule has 1 N–H and O–H groups in total. The number of halogens is 1. The first-order chi connectivity index (χ1) is 9.03. The number of hydrogen-bond donors (Lipinski definition) is 1. The third-order valence-electron chi connectivity index (χ3n) is 3.26. The molecular formula is C15H24BrNO2. The maximum absolute atomic E-state index is 5.49. The van der Waals surface area contributed by atoms with Gasteiger partial charge in [0.25, 0.3) is 0 Å². The second-order valence-electron chi connectivity index (χ2n) is 5.04. The molecule has 0 bridgehead atoms. The predicted molar refractivity (Wildman–Crippen MR) is 83.1 cm³/mol. The highest BCUT2D eigenvalue weighted by atomic mass is 79.9. The number of benzene rings is 1. The monoisotopic (exact) mass is 329 g/mol. The summed E-state index contributed by atoms with van der Waals surface area (Å²) >= 11 is 3.49. The van der Waals surface area contributed by atoms with Gasteiger partial charge in [0, 0.05) is 11.6 Å². The molecule has 0 spiro atoms. The van der Waals surface area contributed by atoms with Gasteiger partial charge in [-0.2, -0.15) is 0 Å². The summed E-state index contributed by atoms with van der Waals surface area (Å²) in [7, 11) is 5.37. The molecule has 0 saturated carbocycles. The Bertz CT molecular complexity index is 407. The highest BCUT2D eigenvalue weighted by Gasteiger charge is 2.17. The fourth-order valence-corrected chi connectivity index (χ4v) is 2.60. The zero-order chi connectivity index (χ0) is 14.4. The highest BCUT2D eigenvalue weighted by molar-refractivity contribution is 9.10. The number of methoxy groups -OCH3 is 2.